The maximum Gasteiger partial charge on any atom is 0.180 e. The van der Waals surface area contributed by atoms with Gasteiger partial charge in [0.25, 0.3) is 0 Å². The second kappa shape index (κ2) is 6.85. The molecule has 0 spiro atoms. The fraction of sp³-hybridized carbons (Fsp3) is 0.538. The Balaban J connectivity index is 2.86. The molecule has 1 aromatic rings. The molecular weight excluding hydrogens is 253 g/mol. The van der Waals surface area contributed by atoms with Crippen LogP contribution in [0.2, 0.25) is 0 Å². The van der Waals surface area contributed by atoms with Crippen molar-refractivity contribution in [2.75, 3.05) is 12.3 Å². The highest BCUT2D eigenvalue weighted by atomic mass is 32.2. The number of benzene rings is 1. The zero-order valence-corrected chi connectivity index (χ0v) is 11.6. The van der Waals surface area contributed by atoms with Crippen LogP contribution >= 0.6 is 0 Å². The van der Waals surface area contributed by atoms with Gasteiger partial charge < -0.3 is 5.32 Å². The number of rotatable bonds is 7. The summed E-state index contributed by atoms with van der Waals surface area (Å²) in [5, 5.41) is 3.15. The van der Waals surface area contributed by atoms with E-state index in [1.807, 2.05) is 13.8 Å². The van der Waals surface area contributed by atoms with E-state index in [4.69, 9.17) is 0 Å². The SMILES string of the molecule is CCCC(CS(=O)(=O)c1cccc(F)c1)NCC. The van der Waals surface area contributed by atoms with E-state index in [-0.39, 0.29) is 16.7 Å². The van der Waals surface area contributed by atoms with E-state index in [1.165, 1.54) is 18.2 Å². The van der Waals surface area contributed by atoms with Gasteiger partial charge in [-0.3, -0.25) is 0 Å². The molecule has 0 amide bonds. The normalized spacial score (nSPS) is 13.5. The minimum atomic E-state index is -3.43. The third kappa shape index (κ3) is 4.38. The lowest BCUT2D eigenvalue weighted by Crippen LogP contribution is -2.35. The van der Waals surface area contributed by atoms with Crippen LogP contribution in [0.3, 0.4) is 0 Å². The summed E-state index contributed by atoms with van der Waals surface area (Å²) < 4.78 is 37.3. The number of hydrogen-bond donors (Lipinski definition) is 1. The molecule has 0 saturated carbocycles. The largest absolute Gasteiger partial charge is 0.313 e. The van der Waals surface area contributed by atoms with Crippen molar-refractivity contribution in [3.63, 3.8) is 0 Å². The molecule has 0 saturated heterocycles. The zero-order valence-electron chi connectivity index (χ0n) is 10.8. The van der Waals surface area contributed by atoms with Gasteiger partial charge in [-0.2, -0.15) is 0 Å². The average Bonchev–Trinajstić information content (AvgIpc) is 2.29. The van der Waals surface area contributed by atoms with E-state index in [0.717, 1.165) is 25.5 Å². The molecule has 0 aliphatic heterocycles. The molecule has 1 aromatic carbocycles. The summed E-state index contributed by atoms with van der Waals surface area (Å²) in [4.78, 5) is 0.0570. The standard InChI is InChI=1S/C13H20FNO2S/c1-3-6-12(15-4-2)10-18(16,17)13-8-5-7-11(14)9-13/h5,7-9,12,15H,3-4,6,10H2,1-2H3. The first-order valence-electron chi connectivity index (χ1n) is 6.21. The highest BCUT2D eigenvalue weighted by Crippen LogP contribution is 2.14. The van der Waals surface area contributed by atoms with Crippen molar-refractivity contribution in [1.29, 1.82) is 0 Å². The first-order chi connectivity index (χ1) is 8.49. The highest BCUT2D eigenvalue weighted by Gasteiger charge is 2.20. The Morgan fingerprint density at radius 1 is 1.33 bits per heavy atom. The molecule has 1 atom stereocenters. The summed E-state index contributed by atoms with van der Waals surface area (Å²) in [6, 6.07) is 5.10. The predicted octanol–water partition coefficient (Wildman–Crippen LogP) is 2.38. The van der Waals surface area contributed by atoms with Crippen LogP contribution in [0.4, 0.5) is 4.39 Å². The second-order valence-electron chi connectivity index (χ2n) is 4.28. The molecule has 1 N–H and O–H groups in total. The molecule has 0 radical (unpaired) electrons. The van der Waals surface area contributed by atoms with Crippen molar-refractivity contribution < 1.29 is 12.8 Å². The third-order valence-electron chi connectivity index (χ3n) is 2.71. The molecule has 0 heterocycles. The third-order valence-corrected chi connectivity index (χ3v) is 4.52. The Labute approximate surface area is 108 Å². The Morgan fingerprint density at radius 2 is 2.06 bits per heavy atom. The lowest BCUT2D eigenvalue weighted by molar-refractivity contribution is 0.512. The first-order valence-corrected chi connectivity index (χ1v) is 7.86. The Kier molecular flexibility index (Phi) is 5.75. The van der Waals surface area contributed by atoms with Crippen molar-refractivity contribution in [3.8, 4) is 0 Å². The van der Waals surface area contributed by atoms with E-state index in [1.54, 1.807) is 0 Å². The molecule has 1 rings (SSSR count). The van der Waals surface area contributed by atoms with Crippen LogP contribution in [-0.4, -0.2) is 26.8 Å². The summed E-state index contributed by atoms with van der Waals surface area (Å²) in [6.45, 7) is 4.68. The lowest BCUT2D eigenvalue weighted by Gasteiger charge is -2.17. The quantitative estimate of drug-likeness (QED) is 0.829. The van der Waals surface area contributed by atoms with Crippen molar-refractivity contribution >= 4 is 9.84 Å². The van der Waals surface area contributed by atoms with Crippen LogP contribution in [-0.2, 0) is 9.84 Å². The number of nitrogens with one attached hydrogen (secondary N) is 1. The van der Waals surface area contributed by atoms with Gasteiger partial charge in [-0.15, -0.1) is 0 Å². The molecule has 0 aromatic heterocycles. The van der Waals surface area contributed by atoms with E-state index in [9.17, 15) is 12.8 Å². The topological polar surface area (TPSA) is 46.2 Å². The van der Waals surface area contributed by atoms with Crippen LogP contribution in [0.15, 0.2) is 29.2 Å². The molecule has 5 heteroatoms. The minimum absolute atomic E-state index is 0.0120. The van der Waals surface area contributed by atoms with Crippen LogP contribution in [0.5, 0.6) is 0 Å². The van der Waals surface area contributed by atoms with Gasteiger partial charge in [0.05, 0.1) is 10.6 Å². The van der Waals surface area contributed by atoms with Crippen LogP contribution in [0.25, 0.3) is 0 Å². The van der Waals surface area contributed by atoms with Crippen LogP contribution in [0.1, 0.15) is 26.7 Å². The van der Waals surface area contributed by atoms with Crippen molar-refractivity contribution in [2.45, 2.75) is 37.6 Å². The molecule has 0 aliphatic carbocycles. The molecular formula is C13H20FNO2S. The van der Waals surface area contributed by atoms with Crippen LogP contribution < -0.4 is 5.32 Å². The van der Waals surface area contributed by atoms with Gasteiger partial charge in [-0.1, -0.05) is 26.3 Å². The molecule has 0 aliphatic rings. The maximum atomic E-state index is 13.1. The summed E-state index contributed by atoms with van der Waals surface area (Å²) in [7, 11) is -3.43. The van der Waals surface area contributed by atoms with Gasteiger partial charge in [0, 0.05) is 6.04 Å². The molecule has 0 fully saturated rings. The molecule has 3 nitrogen and oxygen atoms in total. The smallest absolute Gasteiger partial charge is 0.180 e. The van der Waals surface area contributed by atoms with E-state index < -0.39 is 15.7 Å². The van der Waals surface area contributed by atoms with Crippen molar-refractivity contribution in [3.05, 3.63) is 30.1 Å². The van der Waals surface area contributed by atoms with Gasteiger partial charge in [-0.05, 0) is 31.2 Å². The number of halogens is 1. The Morgan fingerprint density at radius 3 is 2.61 bits per heavy atom. The molecule has 1 unspecified atom stereocenters. The molecule has 18 heavy (non-hydrogen) atoms. The summed E-state index contributed by atoms with van der Waals surface area (Å²) in [5.74, 6) is -0.510. The van der Waals surface area contributed by atoms with Crippen molar-refractivity contribution in [2.24, 2.45) is 0 Å². The maximum absolute atomic E-state index is 13.1. The Bertz CT molecular complexity index is 468. The minimum Gasteiger partial charge on any atom is -0.313 e. The summed E-state index contributed by atoms with van der Waals surface area (Å²) in [5.41, 5.74) is 0. The second-order valence-corrected chi connectivity index (χ2v) is 6.32. The number of sulfone groups is 1. The van der Waals surface area contributed by atoms with Gasteiger partial charge in [0.15, 0.2) is 9.84 Å². The summed E-state index contributed by atoms with van der Waals surface area (Å²) in [6.07, 6.45) is 1.71. The molecule has 0 bridgehead atoms. The number of hydrogen-bond acceptors (Lipinski definition) is 3. The van der Waals surface area contributed by atoms with E-state index in [2.05, 4.69) is 5.32 Å². The zero-order chi connectivity index (χ0) is 13.6. The lowest BCUT2D eigenvalue weighted by atomic mass is 10.2. The van der Waals surface area contributed by atoms with E-state index >= 15 is 0 Å². The van der Waals surface area contributed by atoms with Gasteiger partial charge in [0.1, 0.15) is 5.82 Å². The monoisotopic (exact) mass is 273 g/mol. The fourth-order valence-corrected chi connectivity index (χ4v) is 3.49. The van der Waals surface area contributed by atoms with Gasteiger partial charge in [-0.25, -0.2) is 12.8 Å². The van der Waals surface area contributed by atoms with Crippen molar-refractivity contribution in [1.82, 2.24) is 5.32 Å². The predicted molar refractivity (Wildman–Crippen MR) is 70.8 cm³/mol. The first kappa shape index (κ1) is 15.1. The molecule has 102 valence electrons. The fourth-order valence-electron chi connectivity index (χ4n) is 1.90. The highest BCUT2D eigenvalue weighted by molar-refractivity contribution is 7.91. The van der Waals surface area contributed by atoms with Gasteiger partial charge >= 0.3 is 0 Å². The summed E-state index contributed by atoms with van der Waals surface area (Å²) >= 11 is 0. The average molecular weight is 273 g/mol. The van der Waals surface area contributed by atoms with Crippen LogP contribution in [0, 0.1) is 5.82 Å². The Hall–Kier alpha value is -0.940. The van der Waals surface area contributed by atoms with E-state index in [0.29, 0.717) is 0 Å². The van der Waals surface area contributed by atoms with Gasteiger partial charge in [0.2, 0.25) is 0 Å².